The van der Waals surface area contributed by atoms with Gasteiger partial charge in [0.25, 0.3) is 0 Å². The highest BCUT2D eigenvalue weighted by atomic mass is 19.1. The van der Waals surface area contributed by atoms with E-state index >= 15 is 0 Å². The first kappa shape index (κ1) is 8.42. The Morgan fingerprint density at radius 1 is 1.38 bits per heavy atom. The average molecular weight is 178 g/mol. The van der Waals surface area contributed by atoms with E-state index in [1.807, 2.05) is 0 Å². The van der Waals surface area contributed by atoms with Gasteiger partial charge in [0, 0.05) is 5.92 Å². The predicted octanol–water partition coefficient (Wildman–Crippen LogP) is 2.13. The number of halogens is 1. The summed E-state index contributed by atoms with van der Waals surface area (Å²) in [6, 6.07) is 4.78. The maximum atomic E-state index is 12.8. The molecule has 0 fully saturated rings. The SMILES string of the molecule is CC(=O)C1Cc2ccc(F)cc2C1. The topological polar surface area (TPSA) is 17.1 Å². The number of carbonyl (C=O) groups is 1. The molecule has 1 unspecified atom stereocenters. The van der Waals surface area contributed by atoms with E-state index in [9.17, 15) is 9.18 Å². The van der Waals surface area contributed by atoms with Crippen molar-refractivity contribution in [3.8, 4) is 0 Å². The Kier molecular flexibility index (Phi) is 1.91. The normalized spacial score (nSPS) is 20.0. The van der Waals surface area contributed by atoms with Gasteiger partial charge in [0.05, 0.1) is 0 Å². The van der Waals surface area contributed by atoms with Gasteiger partial charge in [0.15, 0.2) is 0 Å². The fraction of sp³-hybridized carbons (Fsp3) is 0.364. The van der Waals surface area contributed by atoms with Gasteiger partial charge < -0.3 is 0 Å². The minimum atomic E-state index is -0.206. The van der Waals surface area contributed by atoms with Gasteiger partial charge in [0.1, 0.15) is 11.6 Å². The molecule has 0 radical (unpaired) electrons. The van der Waals surface area contributed by atoms with Crippen LogP contribution in [0.3, 0.4) is 0 Å². The molecule has 2 heteroatoms. The molecular weight excluding hydrogens is 167 g/mol. The van der Waals surface area contributed by atoms with Crippen LogP contribution in [-0.4, -0.2) is 5.78 Å². The van der Waals surface area contributed by atoms with Crippen molar-refractivity contribution < 1.29 is 9.18 Å². The highest BCUT2D eigenvalue weighted by Crippen LogP contribution is 2.27. The Morgan fingerprint density at radius 2 is 2.08 bits per heavy atom. The molecule has 1 aromatic carbocycles. The summed E-state index contributed by atoms with van der Waals surface area (Å²) in [5.41, 5.74) is 2.13. The minimum Gasteiger partial charge on any atom is -0.300 e. The zero-order valence-electron chi connectivity index (χ0n) is 7.51. The number of carbonyl (C=O) groups excluding carboxylic acids is 1. The van der Waals surface area contributed by atoms with Crippen molar-refractivity contribution in [2.45, 2.75) is 19.8 Å². The summed E-state index contributed by atoms with van der Waals surface area (Å²) in [5, 5.41) is 0. The summed E-state index contributed by atoms with van der Waals surface area (Å²) >= 11 is 0. The van der Waals surface area contributed by atoms with Gasteiger partial charge in [-0.1, -0.05) is 6.07 Å². The number of hydrogen-bond donors (Lipinski definition) is 0. The fourth-order valence-electron chi connectivity index (χ4n) is 1.87. The van der Waals surface area contributed by atoms with Crippen LogP contribution in [0, 0.1) is 11.7 Å². The van der Waals surface area contributed by atoms with Crippen molar-refractivity contribution in [2.24, 2.45) is 5.92 Å². The van der Waals surface area contributed by atoms with Crippen molar-refractivity contribution in [1.82, 2.24) is 0 Å². The van der Waals surface area contributed by atoms with E-state index < -0.39 is 0 Å². The lowest BCUT2D eigenvalue weighted by molar-refractivity contribution is -0.120. The molecular formula is C11H11FO. The maximum Gasteiger partial charge on any atom is 0.133 e. The van der Waals surface area contributed by atoms with Crippen LogP contribution < -0.4 is 0 Å². The van der Waals surface area contributed by atoms with Crippen LogP contribution in [0.1, 0.15) is 18.1 Å². The maximum absolute atomic E-state index is 12.8. The van der Waals surface area contributed by atoms with Crippen LogP contribution in [0.5, 0.6) is 0 Å². The first-order chi connectivity index (χ1) is 6.16. The quantitative estimate of drug-likeness (QED) is 0.643. The molecule has 0 saturated heterocycles. The fourth-order valence-corrected chi connectivity index (χ4v) is 1.87. The molecule has 0 heterocycles. The largest absolute Gasteiger partial charge is 0.300 e. The number of rotatable bonds is 1. The third-order valence-corrected chi connectivity index (χ3v) is 2.68. The highest BCUT2D eigenvalue weighted by Gasteiger charge is 2.24. The van der Waals surface area contributed by atoms with Gasteiger partial charge in [-0.3, -0.25) is 4.79 Å². The molecule has 0 aliphatic heterocycles. The molecule has 68 valence electrons. The van der Waals surface area contributed by atoms with Gasteiger partial charge in [-0.25, -0.2) is 4.39 Å². The molecule has 1 aliphatic carbocycles. The summed E-state index contributed by atoms with van der Waals surface area (Å²) in [4.78, 5) is 11.1. The zero-order chi connectivity index (χ0) is 9.42. The second kappa shape index (κ2) is 2.95. The van der Waals surface area contributed by atoms with Crippen LogP contribution in [0.15, 0.2) is 18.2 Å². The molecule has 1 aliphatic rings. The molecule has 0 aromatic heterocycles. The van der Waals surface area contributed by atoms with E-state index in [0.717, 1.165) is 17.5 Å². The van der Waals surface area contributed by atoms with E-state index in [2.05, 4.69) is 0 Å². The highest BCUT2D eigenvalue weighted by molar-refractivity contribution is 5.79. The van der Waals surface area contributed by atoms with E-state index in [1.165, 1.54) is 12.1 Å². The van der Waals surface area contributed by atoms with Gasteiger partial charge in [-0.15, -0.1) is 0 Å². The Balaban J connectivity index is 2.30. The van der Waals surface area contributed by atoms with E-state index in [1.54, 1.807) is 13.0 Å². The first-order valence-corrected chi connectivity index (χ1v) is 4.44. The van der Waals surface area contributed by atoms with E-state index in [4.69, 9.17) is 0 Å². The molecule has 1 nitrogen and oxygen atoms in total. The lowest BCUT2D eigenvalue weighted by Crippen LogP contribution is -2.09. The van der Waals surface area contributed by atoms with E-state index in [0.29, 0.717) is 6.42 Å². The van der Waals surface area contributed by atoms with Crippen LogP contribution in [0.4, 0.5) is 4.39 Å². The molecule has 2 rings (SSSR count). The van der Waals surface area contributed by atoms with Crippen molar-refractivity contribution >= 4 is 5.78 Å². The smallest absolute Gasteiger partial charge is 0.133 e. The zero-order valence-corrected chi connectivity index (χ0v) is 7.51. The predicted molar refractivity (Wildman–Crippen MR) is 48.0 cm³/mol. The van der Waals surface area contributed by atoms with Crippen molar-refractivity contribution in [2.75, 3.05) is 0 Å². The van der Waals surface area contributed by atoms with Crippen molar-refractivity contribution in [3.05, 3.63) is 35.1 Å². The Morgan fingerprint density at radius 3 is 2.77 bits per heavy atom. The lowest BCUT2D eigenvalue weighted by Gasteiger charge is -2.00. The van der Waals surface area contributed by atoms with Gasteiger partial charge >= 0.3 is 0 Å². The van der Waals surface area contributed by atoms with Crippen molar-refractivity contribution in [3.63, 3.8) is 0 Å². The molecule has 1 aromatic rings. The number of hydrogen-bond acceptors (Lipinski definition) is 1. The molecule has 0 saturated carbocycles. The molecule has 0 spiro atoms. The number of fused-ring (bicyclic) bond motifs is 1. The number of Topliss-reactive ketones (excluding diaryl/α,β-unsaturated/α-hetero) is 1. The standard InChI is InChI=1S/C11H11FO/c1-7(13)9-4-8-2-3-11(12)6-10(8)5-9/h2-3,6,9H,4-5H2,1H3. The number of ketones is 1. The molecule has 0 amide bonds. The van der Waals surface area contributed by atoms with Gasteiger partial charge in [-0.2, -0.15) is 0 Å². The monoisotopic (exact) mass is 178 g/mol. The van der Waals surface area contributed by atoms with Crippen LogP contribution in [-0.2, 0) is 17.6 Å². The second-order valence-electron chi connectivity index (χ2n) is 3.63. The molecule has 0 bridgehead atoms. The van der Waals surface area contributed by atoms with Gasteiger partial charge in [-0.05, 0) is 43.0 Å². The third kappa shape index (κ3) is 1.48. The van der Waals surface area contributed by atoms with Crippen LogP contribution in [0.2, 0.25) is 0 Å². The summed E-state index contributed by atoms with van der Waals surface area (Å²) in [6.45, 7) is 1.60. The van der Waals surface area contributed by atoms with Crippen LogP contribution >= 0.6 is 0 Å². The Bertz CT molecular complexity index is 357. The van der Waals surface area contributed by atoms with Gasteiger partial charge in [0.2, 0.25) is 0 Å². The Hall–Kier alpha value is -1.18. The molecule has 0 N–H and O–H groups in total. The summed E-state index contributed by atoms with van der Waals surface area (Å²) < 4.78 is 12.8. The summed E-state index contributed by atoms with van der Waals surface area (Å²) in [5.74, 6) is 0.0800. The minimum absolute atomic E-state index is 0.0804. The average Bonchev–Trinajstić information content (AvgIpc) is 2.46. The summed E-state index contributed by atoms with van der Waals surface area (Å²) in [6.07, 6.45) is 1.49. The van der Waals surface area contributed by atoms with Crippen LogP contribution in [0.25, 0.3) is 0 Å². The lowest BCUT2D eigenvalue weighted by atomic mass is 10.0. The van der Waals surface area contributed by atoms with Crippen molar-refractivity contribution in [1.29, 1.82) is 0 Å². The molecule has 1 atom stereocenters. The molecule has 13 heavy (non-hydrogen) atoms. The second-order valence-corrected chi connectivity index (χ2v) is 3.63. The summed E-state index contributed by atoms with van der Waals surface area (Å²) in [7, 11) is 0. The number of benzene rings is 1. The third-order valence-electron chi connectivity index (χ3n) is 2.68. The first-order valence-electron chi connectivity index (χ1n) is 4.44. The Labute approximate surface area is 76.6 Å². The van der Waals surface area contributed by atoms with E-state index in [-0.39, 0.29) is 17.5 Å².